The lowest BCUT2D eigenvalue weighted by Gasteiger charge is -2.30. The maximum Gasteiger partial charge on any atom is 0.168 e. The van der Waals surface area contributed by atoms with Crippen LogP contribution in [0.25, 0.3) is 5.57 Å². The molecule has 0 radical (unpaired) electrons. The molecule has 1 fully saturated rings. The van der Waals surface area contributed by atoms with Crippen LogP contribution in [0.3, 0.4) is 0 Å². The van der Waals surface area contributed by atoms with E-state index in [0.29, 0.717) is 6.61 Å². The van der Waals surface area contributed by atoms with E-state index in [0.717, 1.165) is 12.8 Å². The number of nitrogens with zero attached hydrogens (tertiary/aromatic N) is 1. The SMILES string of the molecule is O=CC1OCC2(c3ccccc3)C=C(c3ccccc3)CN12. The van der Waals surface area contributed by atoms with Crippen LogP contribution >= 0.6 is 0 Å². The quantitative estimate of drug-likeness (QED) is 0.814. The van der Waals surface area contributed by atoms with Crippen LogP contribution in [0, 0.1) is 0 Å². The minimum Gasteiger partial charge on any atom is -0.353 e. The Labute approximate surface area is 129 Å². The van der Waals surface area contributed by atoms with Crippen LogP contribution in [0.4, 0.5) is 0 Å². The molecule has 0 saturated carbocycles. The highest BCUT2D eigenvalue weighted by Gasteiger charge is 2.50. The van der Waals surface area contributed by atoms with Crippen molar-refractivity contribution in [3.63, 3.8) is 0 Å². The molecule has 0 bridgehead atoms. The average Bonchev–Trinajstić information content (AvgIpc) is 3.13. The molecular formula is C19H17NO2. The Morgan fingerprint density at radius 3 is 2.41 bits per heavy atom. The smallest absolute Gasteiger partial charge is 0.168 e. The topological polar surface area (TPSA) is 29.5 Å². The molecule has 0 spiro atoms. The number of aldehydes is 1. The van der Waals surface area contributed by atoms with Crippen LogP contribution in [-0.4, -0.2) is 30.6 Å². The summed E-state index contributed by atoms with van der Waals surface area (Å²) in [5.74, 6) is 0. The van der Waals surface area contributed by atoms with Gasteiger partial charge in [0.15, 0.2) is 12.5 Å². The molecule has 3 nitrogen and oxygen atoms in total. The van der Waals surface area contributed by atoms with E-state index in [4.69, 9.17) is 4.74 Å². The van der Waals surface area contributed by atoms with Crippen molar-refractivity contribution in [3.8, 4) is 0 Å². The van der Waals surface area contributed by atoms with Crippen LogP contribution < -0.4 is 0 Å². The van der Waals surface area contributed by atoms with Gasteiger partial charge in [0, 0.05) is 6.54 Å². The summed E-state index contributed by atoms with van der Waals surface area (Å²) in [6, 6.07) is 20.6. The van der Waals surface area contributed by atoms with Gasteiger partial charge >= 0.3 is 0 Å². The third kappa shape index (κ3) is 1.94. The molecule has 22 heavy (non-hydrogen) atoms. The molecule has 2 aromatic carbocycles. The Balaban J connectivity index is 1.82. The molecule has 2 aromatic rings. The zero-order valence-electron chi connectivity index (χ0n) is 12.2. The first-order chi connectivity index (χ1) is 10.8. The highest BCUT2D eigenvalue weighted by atomic mass is 16.5. The van der Waals surface area contributed by atoms with Gasteiger partial charge in [0.25, 0.3) is 0 Å². The van der Waals surface area contributed by atoms with E-state index in [9.17, 15) is 4.79 Å². The van der Waals surface area contributed by atoms with E-state index < -0.39 is 6.23 Å². The first kappa shape index (κ1) is 13.4. The molecule has 2 atom stereocenters. The molecule has 2 unspecified atom stereocenters. The van der Waals surface area contributed by atoms with E-state index in [1.165, 1.54) is 16.7 Å². The second-order valence-electron chi connectivity index (χ2n) is 5.79. The normalized spacial score (nSPS) is 27.5. The van der Waals surface area contributed by atoms with Crippen LogP contribution in [0.1, 0.15) is 11.1 Å². The summed E-state index contributed by atoms with van der Waals surface area (Å²) >= 11 is 0. The highest BCUT2D eigenvalue weighted by Crippen LogP contribution is 2.45. The summed E-state index contributed by atoms with van der Waals surface area (Å²) in [5.41, 5.74) is 3.29. The Bertz CT molecular complexity index is 711. The predicted molar refractivity (Wildman–Crippen MR) is 85.0 cm³/mol. The van der Waals surface area contributed by atoms with Gasteiger partial charge in [0.05, 0.1) is 12.1 Å². The van der Waals surface area contributed by atoms with Crippen molar-refractivity contribution in [1.29, 1.82) is 0 Å². The maximum absolute atomic E-state index is 11.4. The largest absolute Gasteiger partial charge is 0.353 e. The van der Waals surface area contributed by atoms with Gasteiger partial charge in [0.2, 0.25) is 0 Å². The molecule has 0 aliphatic carbocycles. The Kier molecular flexibility index (Phi) is 3.17. The van der Waals surface area contributed by atoms with Crippen LogP contribution in [0.5, 0.6) is 0 Å². The minimum atomic E-state index is -0.474. The van der Waals surface area contributed by atoms with Crippen LogP contribution in [0.2, 0.25) is 0 Å². The molecule has 0 N–H and O–H groups in total. The Morgan fingerprint density at radius 2 is 1.73 bits per heavy atom. The summed E-state index contributed by atoms with van der Waals surface area (Å²) in [5, 5.41) is 0. The lowest BCUT2D eigenvalue weighted by Crippen LogP contribution is -2.42. The van der Waals surface area contributed by atoms with Gasteiger partial charge in [0.1, 0.15) is 0 Å². The average molecular weight is 291 g/mol. The van der Waals surface area contributed by atoms with E-state index in [1.54, 1.807) is 0 Å². The van der Waals surface area contributed by atoms with Crippen molar-refractivity contribution in [2.45, 2.75) is 11.8 Å². The number of ether oxygens (including phenoxy) is 1. The van der Waals surface area contributed by atoms with Gasteiger partial charge < -0.3 is 4.74 Å². The van der Waals surface area contributed by atoms with Crippen LogP contribution in [-0.2, 0) is 15.1 Å². The molecule has 110 valence electrons. The Hall–Kier alpha value is -2.23. The van der Waals surface area contributed by atoms with Crippen LogP contribution in [0.15, 0.2) is 66.7 Å². The fourth-order valence-electron chi connectivity index (χ4n) is 3.48. The number of rotatable bonds is 3. The van der Waals surface area contributed by atoms with E-state index in [1.807, 2.05) is 36.4 Å². The molecule has 2 aliphatic rings. The van der Waals surface area contributed by atoms with Gasteiger partial charge in [-0.3, -0.25) is 9.69 Å². The second kappa shape index (κ2) is 5.20. The number of benzene rings is 2. The monoisotopic (exact) mass is 291 g/mol. The standard InChI is InChI=1S/C19H17NO2/c21-13-18-20-12-16(15-7-3-1-4-8-15)11-19(20,14-22-18)17-9-5-2-6-10-17/h1-11,13,18H,12,14H2. The zero-order chi connectivity index (χ0) is 15.0. The summed E-state index contributed by atoms with van der Waals surface area (Å²) in [4.78, 5) is 13.5. The van der Waals surface area contributed by atoms with Gasteiger partial charge in [-0.05, 0) is 16.7 Å². The number of hydrogen-bond donors (Lipinski definition) is 0. The minimum absolute atomic E-state index is 0.335. The molecule has 0 amide bonds. The number of carbonyl (C=O) groups is 1. The number of hydrogen-bond acceptors (Lipinski definition) is 3. The van der Waals surface area contributed by atoms with Gasteiger partial charge in [-0.1, -0.05) is 66.7 Å². The maximum atomic E-state index is 11.4. The van der Waals surface area contributed by atoms with Crippen molar-refractivity contribution >= 4 is 11.9 Å². The van der Waals surface area contributed by atoms with Gasteiger partial charge in [-0.2, -0.15) is 0 Å². The molecule has 1 saturated heterocycles. The molecule has 0 aromatic heterocycles. The number of fused-ring (bicyclic) bond motifs is 1. The zero-order valence-corrected chi connectivity index (χ0v) is 12.2. The molecule has 3 heteroatoms. The predicted octanol–water partition coefficient (Wildman–Crippen LogP) is 2.84. The fraction of sp³-hybridized carbons (Fsp3) is 0.211. The summed E-state index contributed by atoms with van der Waals surface area (Å²) in [6.45, 7) is 1.24. The third-order valence-electron chi connectivity index (χ3n) is 4.58. The highest BCUT2D eigenvalue weighted by molar-refractivity contribution is 5.73. The first-order valence-electron chi connectivity index (χ1n) is 7.50. The summed E-state index contributed by atoms with van der Waals surface area (Å²) in [7, 11) is 0. The van der Waals surface area contributed by atoms with E-state index in [-0.39, 0.29) is 5.54 Å². The lowest BCUT2D eigenvalue weighted by molar-refractivity contribution is -0.121. The molecule has 2 heterocycles. The second-order valence-corrected chi connectivity index (χ2v) is 5.79. The van der Waals surface area contributed by atoms with Crippen molar-refractivity contribution in [3.05, 3.63) is 77.9 Å². The first-order valence-corrected chi connectivity index (χ1v) is 7.50. The van der Waals surface area contributed by atoms with Crippen molar-refractivity contribution in [1.82, 2.24) is 4.90 Å². The van der Waals surface area contributed by atoms with Crippen molar-refractivity contribution in [2.24, 2.45) is 0 Å². The molecule has 4 rings (SSSR count). The summed E-state index contributed by atoms with van der Waals surface area (Å²) < 4.78 is 5.72. The van der Waals surface area contributed by atoms with E-state index >= 15 is 0 Å². The van der Waals surface area contributed by atoms with Gasteiger partial charge in [-0.25, -0.2) is 0 Å². The Morgan fingerprint density at radius 1 is 1.05 bits per heavy atom. The summed E-state index contributed by atoms with van der Waals surface area (Å²) in [6.07, 6.45) is 2.69. The van der Waals surface area contributed by atoms with E-state index in [2.05, 4.69) is 35.2 Å². The van der Waals surface area contributed by atoms with Crippen molar-refractivity contribution < 1.29 is 9.53 Å². The lowest BCUT2D eigenvalue weighted by atomic mass is 9.90. The third-order valence-corrected chi connectivity index (χ3v) is 4.58. The molecular weight excluding hydrogens is 274 g/mol. The van der Waals surface area contributed by atoms with Crippen molar-refractivity contribution in [2.75, 3.05) is 13.2 Å². The fourth-order valence-corrected chi connectivity index (χ4v) is 3.48. The van der Waals surface area contributed by atoms with Gasteiger partial charge in [-0.15, -0.1) is 0 Å². The number of carbonyl (C=O) groups excluding carboxylic acids is 1. The molecule has 2 aliphatic heterocycles.